The van der Waals surface area contributed by atoms with Crippen molar-refractivity contribution in [3.8, 4) is 5.75 Å². The van der Waals surface area contributed by atoms with E-state index >= 15 is 0 Å². The normalized spacial score (nSPS) is 26.2. The van der Waals surface area contributed by atoms with E-state index in [9.17, 15) is 5.11 Å². The molecule has 88 valence electrons. The van der Waals surface area contributed by atoms with Crippen LogP contribution in [0, 0.1) is 5.92 Å². The highest BCUT2D eigenvalue weighted by Crippen LogP contribution is 2.27. The molecule has 1 aromatic rings. The van der Waals surface area contributed by atoms with Gasteiger partial charge in [0.1, 0.15) is 5.75 Å². The molecule has 0 bridgehead atoms. The molecule has 1 aliphatic rings. The summed E-state index contributed by atoms with van der Waals surface area (Å²) in [6.45, 7) is 6.64. The Hall–Kier alpha value is -0.730. The molecule has 0 aliphatic carbocycles. The number of phenols is 1. The third-order valence-electron chi connectivity index (χ3n) is 3.31. The van der Waals surface area contributed by atoms with Crippen molar-refractivity contribution in [2.75, 3.05) is 6.54 Å². The molecule has 1 aliphatic heterocycles. The van der Waals surface area contributed by atoms with Gasteiger partial charge in [-0.3, -0.25) is 4.90 Å². The van der Waals surface area contributed by atoms with Crippen LogP contribution in [0.5, 0.6) is 5.75 Å². The number of hydrogen-bond acceptors (Lipinski definition) is 2. The Kier molecular flexibility index (Phi) is 3.41. The quantitative estimate of drug-likeness (QED) is 0.856. The summed E-state index contributed by atoms with van der Waals surface area (Å²) in [5.74, 6) is 0.941. The van der Waals surface area contributed by atoms with E-state index in [1.165, 1.54) is 12.0 Å². The monoisotopic (exact) mass is 239 g/mol. The zero-order valence-electron chi connectivity index (χ0n) is 9.78. The van der Waals surface area contributed by atoms with E-state index < -0.39 is 0 Å². The van der Waals surface area contributed by atoms with E-state index in [1.54, 1.807) is 6.07 Å². The molecule has 1 aromatic carbocycles. The van der Waals surface area contributed by atoms with Gasteiger partial charge in [0.05, 0.1) is 5.02 Å². The zero-order valence-corrected chi connectivity index (χ0v) is 10.5. The van der Waals surface area contributed by atoms with Crippen LogP contribution in [0.25, 0.3) is 0 Å². The molecule has 0 radical (unpaired) electrons. The largest absolute Gasteiger partial charge is 0.506 e. The van der Waals surface area contributed by atoms with Crippen LogP contribution in [0.4, 0.5) is 0 Å². The Bertz CT molecular complexity index is 380. The van der Waals surface area contributed by atoms with Crippen molar-refractivity contribution in [2.45, 2.75) is 32.9 Å². The number of benzene rings is 1. The third-order valence-corrected chi connectivity index (χ3v) is 3.61. The Morgan fingerprint density at radius 3 is 2.75 bits per heavy atom. The van der Waals surface area contributed by atoms with E-state index in [4.69, 9.17) is 11.6 Å². The fraction of sp³-hybridized carbons (Fsp3) is 0.538. The van der Waals surface area contributed by atoms with Gasteiger partial charge in [-0.25, -0.2) is 0 Å². The lowest BCUT2D eigenvalue weighted by Gasteiger charge is -2.21. The standard InChI is InChI=1S/C13H18ClNO/c1-9-5-10(2)15(7-9)8-11-3-4-13(16)12(14)6-11/h3-4,6,9-10,16H,5,7-8H2,1-2H3. The lowest BCUT2D eigenvalue weighted by atomic mass is 10.1. The molecule has 1 fully saturated rings. The number of hydrogen-bond donors (Lipinski definition) is 1. The highest BCUT2D eigenvalue weighted by molar-refractivity contribution is 6.32. The van der Waals surface area contributed by atoms with Crippen LogP contribution >= 0.6 is 11.6 Å². The van der Waals surface area contributed by atoms with Crippen molar-refractivity contribution in [1.82, 2.24) is 4.90 Å². The Balaban J connectivity index is 2.06. The van der Waals surface area contributed by atoms with Crippen LogP contribution in [0.3, 0.4) is 0 Å². The molecule has 3 heteroatoms. The number of rotatable bonds is 2. The molecule has 0 amide bonds. The molecule has 2 rings (SSSR count). The summed E-state index contributed by atoms with van der Waals surface area (Å²) in [5, 5.41) is 9.80. The number of phenolic OH excluding ortho intramolecular Hbond substituents is 1. The SMILES string of the molecule is CC1CC(C)N(Cc2ccc(O)c(Cl)c2)C1. The molecular formula is C13H18ClNO. The van der Waals surface area contributed by atoms with Gasteiger partial charge in [-0.2, -0.15) is 0 Å². The van der Waals surface area contributed by atoms with Crippen molar-refractivity contribution in [1.29, 1.82) is 0 Å². The summed E-state index contributed by atoms with van der Waals surface area (Å²) in [4.78, 5) is 2.47. The molecular weight excluding hydrogens is 222 g/mol. The van der Waals surface area contributed by atoms with E-state index in [0.29, 0.717) is 11.1 Å². The maximum Gasteiger partial charge on any atom is 0.134 e. The van der Waals surface area contributed by atoms with Crippen LogP contribution < -0.4 is 0 Å². The Labute approximate surface area is 102 Å². The number of likely N-dealkylation sites (tertiary alicyclic amines) is 1. The van der Waals surface area contributed by atoms with E-state index in [2.05, 4.69) is 18.7 Å². The molecule has 2 atom stereocenters. The third kappa shape index (κ3) is 2.50. The first-order chi connectivity index (χ1) is 7.56. The van der Waals surface area contributed by atoms with E-state index in [0.717, 1.165) is 19.0 Å². The fourth-order valence-electron chi connectivity index (χ4n) is 2.49. The number of aromatic hydroxyl groups is 1. The van der Waals surface area contributed by atoms with Crippen molar-refractivity contribution in [3.05, 3.63) is 28.8 Å². The maximum absolute atomic E-state index is 9.35. The summed E-state index contributed by atoms with van der Waals surface area (Å²) in [5.41, 5.74) is 1.17. The molecule has 1 heterocycles. The zero-order chi connectivity index (χ0) is 11.7. The van der Waals surface area contributed by atoms with Crippen LogP contribution in [0.1, 0.15) is 25.8 Å². The average Bonchev–Trinajstić information content (AvgIpc) is 2.51. The average molecular weight is 240 g/mol. The second-order valence-corrected chi connectivity index (χ2v) is 5.31. The van der Waals surface area contributed by atoms with Gasteiger partial charge >= 0.3 is 0 Å². The molecule has 2 nitrogen and oxygen atoms in total. The second kappa shape index (κ2) is 4.64. The van der Waals surface area contributed by atoms with Gasteiger partial charge in [-0.1, -0.05) is 24.6 Å². The molecule has 1 N–H and O–H groups in total. The minimum absolute atomic E-state index is 0.160. The van der Waals surface area contributed by atoms with Crippen LogP contribution in [-0.4, -0.2) is 22.6 Å². The molecule has 0 saturated carbocycles. The summed E-state index contributed by atoms with van der Waals surface area (Å²) in [6.07, 6.45) is 1.27. The fourth-order valence-corrected chi connectivity index (χ4v) is 2.69. The van der Waals surface area contributed by atoms with Gasteiger partial charge in [-0.15, -0.1) is 0 Å². The van der Waals surface area contributed by atoms with Gasteiger partial charge in [0.15, 0.2) is 0 Å². The summed E-state index contributed by atoms with van der Waals surface area (Å²) >= 11 is 5.90. The second-order valence-electron chi connectivity index (χ2n) is 4.91. The molecule has 16 heavy (non-hydrogen) atoms. The van der Waals surface area contributed by atoms with Gasteiger partial charge in [0, 0.05) is 19.1 Å². The van der Waals surface area contributed by atoms with Crippen molar-refractivity contribution >= 4 is 11.6 Å². The lowest BCUT2D eigenvalue weighted by molar-refractivity contribution is 0.256. The number of halogens is 1. The smallest absolute Gasteiger partial charge is 0.134 e. The van der Waals surface area contributed by atoms with Crippen LogP contribution in [0.15, 0.2) is 18.2 Å². The first kappa shape index (κ1) is 11.7. The minimum Gasteiger partial charge on any atom is -0.506 e. The van der Waals surface area contributed by atoms with E-state index in [1.807, 2.05) is 12.1 Å². The molecule has 2 unspecified atom stereocenters. The predicted octanol–water partition coefficient (Wildman–Crippen LogP) is 3.28. The topological polar surface area (TPSA) is 23.5 Å². The molecule has 0 spiro atoms. The first-order valence-electron chi connectivity index (χ1n) is 5.77. The first-order valence-corrected chi connectivity index (χ1v) is 6.15. The predicted molar refractivity (Wildman–Crippen MR) is 66.8 cm³/mol. The summed E-state index contributed by atoms with van der Waals surface area (Å²) < 4.78 is 0. The Morgan fingerprint density at radius 1 is 1.44 bits per heavy atom. The van der Waals surface area contributed by atoms with Crippen molar-refractivity contribution in [2.24, 2.45) is 5.92 Å². The van der Waals surface area contributed by atoms with E-state index in [-0.39, 0.29) is 5.75 Å². The summed E-state index contributed by atoms with van der Waals surface area (Å²) in [6, 6.07) is 6.10. The molecule has 1 saturated heterocycles. The van der Waals surface area contributed by atoms with Gasteiger partial charge in [0.2, 0.25) is 0 Å². The highest BCUT2D eigenvalue weighted by atomic mass is 35.5. The van der Waals surface area contributed by atoms with Gasteiger partial charge in [0.25, 0.3) is 0 Å². The van der Waals surface area contributed by atoms with Gasteiger partial charge in [-0.05, 0) is 37.0 Å². The summed E-state index contributed by atoms with van der Waals surface area (Å²) in [7, 11) is 0. The van der Waals surface area contributed by atoms with Crippen LogP contribution in [-0.2, 0) is 6.54 Å². The minimum atomic E-state index is 0.160. The van der Waals surface area contributed by atoms with Crippen molar-refractivity contribution < 1.29 is 5.11 Å². The van der Waals surface area contributed by atoms with Gasteiger partial charge < -0.3 is 5.11 Å². The lowest BCUT2D eigenvalue weighted by Crippen LogP contribution is -2.26. The van der Waals surface area contributed by atoms with Crippen molar-refractivity contribution in [3.63, 3.8) is 0 Å². The molecule has 0 aromatic heterocycles. The van der Waals surface area contributed by atoms with Crippen LogP contribution in [0.2, 0.25) is 5.02 Å². The highest BCUT2D eigenvalue weighted by Gasteiger charge is 2.25. The number of nitrogens with zero attached hydrogens (tertiary/aromatic N) is 1. The Morgan fingerprint density at radius 2 is 2.19 bits per heavy atom. The maximum atomic E-state index is 9.35.